The summed E-state index contributed by atoms with van der Waals surface area (Å²) < 4.78 is 5.71. The molecule has 4 nitrogen and oxygen atoms in total. The molecule has 1 saturated carbocycles. The Kier molecular flexibility index (Phi) is 3.37. The van der Waals surface area contributed by atoms with Gasteiger partial charge in [-0.3, -0.25) is 0 Å². The van der Waals surface area contributed by atoms with Crippen molar-refractivity contribution in [3.05, 3.63) is 12.3 Å². The second kappa shape index (κ2) is 4.96. The predicted molar refractivity (Wildman–Crippen MR) is 58.6 cm³/mol. The largest absolute Gasteiger partial charge is 0.460 e. The van der Waals surface area contributed by atoms with E-state index in [4.69, 9.17) is 10.5 Å². The first-order valence-electron chi connectivity index (χ1n) is 5.60. The zero-order valence-corrected chi connectivity index (χ0v) is 8.85. The molecular weight excluding hydrogens is 190 g/mol. The van der Waals surface area contributed by atoms with E-state index < -0.39 is 0 Å². The first kappa shape index (κ1) is 10.2. The normalized spacial score (nSPS) is 18.4. The molecular formula is C11H17N3O. The molecule has 2 rings (SSSR count). The van der Waals surface area contributed by atoms with Crippen molar-refractivity contribution in [3.63, 3.8) is 0 Å². The number of ether oxygens (including phenoxy) is 1. The summed E-state index contributed by atoms with van der Waals surface area (Å²) in [5.74, 6) is 0.466. The van der Waals surface area contributed by atoms with Gasteiger partial charge in [-0.25, -0.2) is 4.98 Å². The molecule has 0 bridgehead atoms. The molecule has 1 aliphatic carbocycles. The van der Waals surface area contributed by atoms with Crippen LogP contribution in [-0.4, -0.2) is 16.1 Å². The Morgan fingerprint density at radius 1 is 1.20 bits per heavy atom. The molecule has 1 fully saturated rings. The molecule has 0 aromatic carbocycles. The molecule has 0 unspecified atom stereocenters. The fourth-order valence-corrected chi connectivity index (χ4v) is 1.92. The summed E-state index contributed by atoms with van der Waals surface area (Å²) >= 11 is 0. The number of rotatable bonds is 2. The minimum atomic E-state index is 0.272. The van der Waals surface area contributed by atoms with Crippen LogP contribution in [0.5, 0.6) is 6.01 Å². The van der Waals surface area contributed by atoms with E-state index in [2.05, 4.69) is 9.97 Å². The lowest BCUT2D eigenvalue weighted by Crippen LogP contribution is -2.16. The average molecular weight is 207 g/mol. The Hall–Kier alpha value is -1.32. The van der Waals surface area contributed by atoms with Gasteiger partial charge in [0.15, 0.2) is 0 Å². The van der Waals surface area contributed by atoms with Gasteiger partial charge in [0.05, 0.1) is 0 Å². The molecule has 1 heterocycles. The van der Waals surface area contributed by atoms with Gasteiger partial charge in [0.25, 0.3) is 0 Å². The van der Waals surface area contributed by atoms with Gasteiger partial charge in [-0.2, -0.15) is 4.98 Å². The van der Waals surface area contributed by atoms with Crippen molar-refractivity contribution < 1.29 is 4.74 Å². The molecule has 2 N–H and O–H groups in total. The third-order valence-corrected chi connectivity index (χ3v) is 2.73. The highest BCUT2D eigenvalue weighted by Crippen LogP contribution is 2.20. The van der Waals surface area contributed by atoms with E-state index in [0.717, 1.165) is 12.8 Å². The zero-order valence-electron chi connectivity index (χ0n) is 8.85. The maximum Gasteiger partial charge on any atom is 0.318 e. The Morgan fingerprint density at radius 2 is 1.93 bits per heavy atom. The lowest BCUT2D eigenvalue weighted by atomic mass is 10.2. The van der Waals surface area contributed by atoms with Gasteiger partial charge in [-0.05, 0) is 31.7 Å². The maximum atomic E-state index is 5.71. The molecule has 1 aromatic rings. The number of nitrogen functional groups attached to an aromatic ring is 1. The molecule has 0 atom stereocenters. The highest BCUT2D eigenvalue weighted by Gasteiger charge is 2.14. The topological polar surface area (TPSA) is 61.0 Å². The minimum absolute atomic E-state index is 0.272. The fraction of sp³-hybridized carbons (Fsp3) is 0.636. The van der Waals surface area contributed by atoms with E-state index in [9.17, 15) is 0 Å². The van der Waals surface area contributed by atoms with Crippen LogP contribution in [0, 0.1) is 0 Å². The van der Waals surface area contributed by atoms with Crippen molar-refractivity contribution in [3.8, 4) is 6.01 Å². The maximum absolute atomic E-state index is 5.71. The highest BCUT2D eigenvalue weighted by molar-refractivity contribution is 5.26. The van der Waals surface area contributed by atoms with Crippen LogP contribution in [0.3, 0.4) is 0 Å². The Morgan fingerprint density at radius 3 is 2.60 bits per heavy atom. The van der Waals surface area contributed by atoms with Crippen LogP contribution >= 0.6 is 0 Å². The Bertz CT molecular complexity index is 308. The molecule has 0 aliphatic heterocycles. The Balaban J connectivity index is 1.95. The van der Waals surface area contributed by atoms with Gasteiger partial charge in [-0.15, -0.1) is 0 Å². The van der Waals surface area contributed by atoms with Crippen LogP contribution in [0.2, 0.25) is 0 Å². The van der Waals surface area contributed by atoms with Gasteiger partial charge in [-0.1, -0.05) is 12.8 Å². The molecule has 15 heavy (non-hydrogen) atoms. The van der Waals surface area contributed by atoms with E-state index in [1.807, 2.05) is 0 Å². The van der Waals surface area contributed by atoms with Crippen molar-refractivity contribution in [2.24, 2.45) is 0 Å². The number of aromatic nitrogens is 2. The van der Waals surface area contributed by atoms with Gasteiger partial charge in [0, 0.05) is 6.20 Å². The fourth-order valence-electron chi connectivity index (χ4n) is 1.92. The van der Waals surface area contributed by atoms with E-state index in [0.29, 0.717) is 11.8 Å². The molecule has 0 saturated heterocycles. The van der Waals surface area contributed by atoms with Gasteiger partial charge in [0.2, 0.25) is 0 Å². The van der Waals surface area contributed by atoms with Gasteiger partial charge in [0.1, 0.15) is 11.9 Å². The lowest BCUT2D eigenvalue weighted by molar-refractivity contribution is 0.168. The first-order chi connectivity index (χ1) is 7.34. The molecule has 0 radical (unpaired) electrons. The van der Waals surface area contributed by atoms with Crippen molar-refractivity contribution in [2.75, 3.05) is 5.73 Å². The van der Waals surface area contributed by atoms with Crippen LogP contribution in [-0.2, 0) is 0 Å². The Labute approximate surface area is 89.9 Å². The van der Waals surface area contributed by atoms with Crippen molar-refractivity contribution in [1.29, 1.82) is 0 Å². The van der Waals surface area contributed by atoms with Crippen LogP contribution in [0.1, 0.15) is 38.5 Å². The number of nitrogens with zero attached hydrogens (tertiary/aromatic N) is 2. The zero-order chi connectivity index (χ0) is 10.5. The average Bonchev–Trinajstić information content (AvgIpc) is 2.46. The van der Waals surface area contributed by atoms with E-state index in [1.54, 1.807) is 12.3 Å². The molecule has 1 aromatic heterocycles. The smallest absolute Gasteiger partial charge is 0.318 e. The summed E-state index contributed by atoms with van der Waals surface area (Å²) in [5.41, 5.74) is 5.56. The second-order valence-electron chi connectivity index (χ2n) is 4.00. The lowest BCUT2D eigenvalue weighted by Gasteiger charge is -2.14. The van der Waals surface area contributed by atoms with Gasteiger partial charge < -0.3 is 10.5 Å². The van der Waals surface area contributed by atoms with Crippen LogP contribution in [0.25, 0.3) is 0 Å². The number of hydrogen-bond donors (Lipinski definition) is 1. The minimum Gasteiger partial charge on any atom is -0.460 e. The number of nitrogens with two attached hydrogens (primary N) is 1. The van der Waals surface area contributed by atoms with E-state index in [1.165, 1.54) is 25.7 Å². The van der Waals surface area contributed by atoms with Crippen LogP contribution in [0.4, 0.5) is 5.82 Å². The standard InChI is InChI=1S/C11H17N3O/c12-10-7-8-13-11(14-10)15-9-5-3-1-2-4-6-9/h7-9H,1-6H2,(H2,12,13,14). The summed E-state index contributed by atoms with van der Waals surface area (Å²) in [5, 5.41) is 0. The summed E-state index contributed by atoms with van der Waals surface area (Å²) in [6.45, 7) is 0. The number of anilines is 1. The summed E-state index contributed by atoms with van der Waals surface area (Å²) in [6.07, 6.45) is 9.24. The van der Waals surface area contributed by atoms with Crippen molar-refractivity contribution in [2.45, 2.75) is 44.6 Å². The highest BCUT2D eigenvalue weighted by atomic mass is 16.5. The number of hydrogen-bond acceptors (Lipinski definition) is 4. The molecule has 4 heteroatoms. The quantitative estimate of drug-likeness (QED) is 0.755. The third kappa shape index (κ3) is 3.08. The van der Waals surface area contributed by atoms with Gasteiger partial charge >= 0.3 is 6.01 Å². The monoisotopic (exact) mass is 207 g/mol. The molecule has 82 valence electrons. The second-order valence-corrected chi connectivity index (χ2v) is 4.00. The van der Waals surface area contributed by atoms with Crippen molar-refractivity contribution >= 4 is 5.82 Å². The summed E-state index contributed by atoms with van der Waals surface area (Å²) in [6, 6.07) is 2.09. The van der Waals surface area contributed by atoms with Crippen LogP contribution in [0.15, 0.2) is 12.3 Å². The molecule has 1 aliphatic rings. The van der Waals surface area contributed by atoms with Crippen molar-refractivity contribution in [1.82, 2.24) is 9.97 Å². The van der Waals surface area contributed by atoms with E-state index >= 15 is 0 Å². The molecule has 0 amide bonds. The summed E-state index contributed by atoms with van der Waals surface area (Å²) in [4.78, 5) is 8.09. The predicted octanol–water partition coefficient (Wildman–Crippen LogP) is 2.16. The molecule has 0 spiro atoms. The van der Waals surface area contributed by atoms with Crippen LogP contribution < -0.4 is 10.5 Å². The SMILES string of the molecule is Nc1ccnc(OC2CCCCCC2)n1. The summed E-state index contributed by atoms with van der Waals surface area (Å²) in [7, 11) is 0. The van der Waals surface area contributed by atoms with E-state index in [-0.39, 0.29) is 6.10 Å². The third-order valence-electron chi connectivity index (χ3n) is 2.73. The first-order valence-corrected chi connectivity index (χ1v) is 5.60.